The van der Waals surface area contributed by atoms with E-state index in [2.05, 4.69) is 15.4 Å². The normalized spacial score (nSPS) is 11.9. The van der Waals surface area contributed by atoms with Gasteiger partial charge in [-0.05, 0) is 24.1 Å². The Morgan fingerprint density at radius 2 is 1.75 bits per heavy atom. The van der Waals surface area contributed by atoms with Gasteiger partial charge in [-0.15, -0.1) is 5.10 Å². The third-order valence-electron chi connectivity index (χ3n) is 3.60. The highest BCUT2D eigenvalue weighted by Gasteiger charge is 2.13. The van der Waals surface area contributed by atoms with Crippen LogP contribution in [0.15, 0.2) is 67.0 Å². The molecule has 6 nitrogen and oxygen atoms in total. The number of carbonyl (C=O) groups is 1. The van der Waals surface area contributed by atoms with Gasteiger partial charge in [0.25, 0.3) is 5.91 Å². The average molecular weight is 322 g/mol. The van der Waals surface area contributed by atoms with E-state index in [0.717, 1.165) is 11.3 Å². The number of hydrogen-bond donors (Lipinski definition) is 2. The topological polar surface area (TPSA) is 80.0 Å². The molecule has 0 spiro atoms. The molecule has 1 unspecified atom stereocenters. The van der Waals surface area contributed by atoms with Gasteiger partial charge >= 0.3 is 0 Å². The minimum atomic E-state index is -0.610. The molecule has 2 N–H and O–H groups in total. The summed E-state index contributed by atoms with van der Waals surface area (Å²) in [5, 5.41) is 17.0. The molecule has 122 valence electrons. The monoisotopic (exact) mass is 322 g/mol. The summed E-state index contributed by atoms with van der Waals surface area (Å²) < 4.78 is 1.55. The summed E-state index contributed by atoms with van der Waals surface area (Å²) in [4.78, 5) is 16.1. The Hall–Kier alpha value is -2.99. The Bertz CT molecular complexity index is 787. The van der Waals surface area contributed by atoms with Crippen molar-refractivity contribution in [3.63, 3.8) is 0 Å². The van der Waals surface area contributed by atoms with Crippen molar-refractivity contribution in [2.45, 2.75) is 12.5 Å². The molecule has 24 heavy (non-hydrogen) atoms. The highest BCUT2D eigenvalue weighted by Crippen LogP contribution is 2.14. The van der Waals surface area contributed by atoms with Crippen molar-refractivity contribution < 1.29 is 9.90 Å². The van der Waals surface area contributed by atoms with Crippen molar-refractivity contribution in [2.24, 2.45) is 0 Å². The second kappa shape index (κ2) is 7.52. The number of nitrogens with one attached hydrogen (secondary N) is 1. The van der Waals surface area contributed by atoms with Gasteiger partial charge in [0.1, 0.15) is 6.33 Å². The molecule has 1 heterocycles. The molecule has 1 amide bonds. The number of hydrogen-bond acceptors (Lipinski definition) is 4. The molecule has 3 aromatic rings. The minimum Gasteiger partial charge on any atom is -0.388 e. The Labute approximate surface area is 139 Å². The maximum absolute atomic E-state index is 12.1. The average Bonchev–Trinajstić information content (AvgIpc) is 3.13. The predicted octanol–water partition coefficient (Wildman–Crippen LogP) is 2.12. The number of amides is 1. The number of benzene rings is 2. The summed E-state index contributed by atoms with van der Waals surface area (Å²) in [6.07, 6.45) is 1.32. The maximum atomic E-state index is 12.1. The summed E-state index contributed by atoms with van der Waals surface area (Å²) in [7, 11) is 0. The second-order valence-corrected chi connectivity index (χ2v) is 5.32. The van der Waals surface area contributed by atoms with E-state index in [4.69, 9.17) is 0 Å². The van der Waals surface area contributed by atoms with Gasteiger partial charge in [-0.2, -0.15) is 0 Å². The number of aliphatic hydroxyl groups excluding tert-OH is 1. The SMILES string of the molecule is O=C(NCCC(O)c1ccccc1)c1ncn(-c2ccccc2)n1. The van der Waals surface area contributed by atoms with Crippen LogP contribution in [0.4, 0.5) is 0 Å². The van der Waals surface area contributed by atoms with Gasteiger partial charge in [-0.1, -0.05) is 48.5 Å². The highest BCUT2D eigenvalue weighted by molar-refractivity contribution is 5.90. The van der Waals surface area contributed by atoms with Crippen molar-refractivity contribution >= 4 is 5.91 Å². The minimum absolute atomic E-state index is 0.105. The van der Waals surface area contributed by atoms with Gasteiger partial charge in [-0.25, -0.2) is 9.67 Å². The molecule has 1 atom stereocenters. The van der Waals surface area contributed by atoms with Crippen LogP contribution >= 0.6 is 0 Å². The van der Waals surface area contributed by atoms with Crippen molar-refractivity contribution in [3.05, 3.63) is 78.4 Å². The standard InChI is InChI=1S/C18H18N4O2/c23-16(14-7-3-1-4-8-14)11-12-19-18(24)17-20-13-22(21-17)15-9-5-2-6-10-15/h1-10,13,16,23H,11-12H2,(H,19,24). The van der Waals surface area contributed by atoms with E-state index < -0.39 is 6.10 Å². The molecular formula is C18H18N4O2. The van der Waals surface area contributed by atoms with Crippen LogP contribution in [0.5, 0.6) is 0 Å². The molecule has 3 rings (SSSR count). The fraction of sp³-hybridized carbons (Fsp3) is 0.167. The lowest BCUT2D eigenvalue weighted by atomic mass is 10.1. The van der Waals surface area contributed by atoms with Gasteiger partial charge in [0.2, 0.25) is 5.82 Å². The first-order chi connectivity index (χ1) is 11.7. The lowest BCUT2D eigenvalue weighted by Crippen LogP contribution is -2.26. The van der Waals surface area contributed by atoms with Crippen LogP contribution in [0.25, 0.3) is 5.69 Å². The molecule has 0 bridgehead atoms. The fourth-order valence-electron chi connectivity index (χ4n) is 2.32. The van der Waals surface area contributed by atoms with Gasteiger partial charge in [-0.3, -0.25) is 4.79 Å². The number of carbonyl (C=O) groups excluding carboxylic acids is 1. The van der Waals surface area contributed by atoms with Crippen LogP contribution < -0.4 is 5.32 Å². The molecule has 0 saturated heterocycles. The number of rotatable bonds is 6. The van der Waals surface area contributed by atoms with Crippen molar-refractivity contribution in [3.8, 4) is 5.69 Å². The molecule has 0 fully saturated rings. The van der Waals surface area contributed by atoms with Crippen molar-refractivity contribution in [1.29, 1.82) is 0 Å². The largest absolute Gasteiger partial charge is 0.388 e. The zero-order valence-electron chi connectivity index (χ0n) is 13.0. The Balaban J connectivity index is 1.53. The van der Waals surface area contributed by atoms with Crippen LogP contribution in [-0.4, -0.2) is 32.3 Å². The second-order valence-electron chi connectivity index (χ2n) is 5.32. The van der Waals surface area contributed by atoms with E-state index in [1.54, 1.807) is 4.68 Å². The predicted molar refractivity (Wildman–Crippen MR) is 89.7 cm³/mol. The van der Waals surface area contributed by atoms with Crippen LogP contribution in [0, 0.1) is 0 Å². The summed E-state index contributed by atoms with van der Waals surface area (Å²) in [5.41, 5.74) is 1.67. The fourth-order valence-corrected chi connectivity index (χ4v) is 2.32. The van der Waals surface area contributed by atoms with Crippen molar-refractivity contribution in [2.75, 3.05) is 6.54 Å². The lowest BCUT2D eigenvalue weighted by Gasteiger charge is -2.10. The smallest absolute Gasteiger partial charge is 0.290 e. The molecule has 2 aromatic carbocycles. The zero-order valence-corrected chi connectivity index (χ0v) is 13.0. The Morgan fingerprint density at radius 3 is 2.46 bits per heavy atom. The number of nitrogens with zero attached hydrogens (tertiary/aromatic N) is 3. The molecule has 0 aliphatic carbocycles. The molecule has 0 aliphatic rings. The first-order valence-corrected chi connectivity index (χ1v) is 7.72. The van der Waals surface area contributed by atoms with E-state index in [9.17, 15) is 9.90 Å². The maximum Gasteiger partial charge on any atom is 0.290 e. The van der Waals surface area contributed by atoms with Crippen LogP contribution in [-0.2, 0) is 0 Å². The van der Waals surface area contributed by atoms with E-state index in [0.29, 0.717) is 13.0 Å². The molecule has 0 saturated carbocycles. The molecular weight excluding hydrogens is 304 g/mol. The molecule has 1 aromatic heterocycles. The zero-order chi connectivity index (χ0) is 16.8. The number of aliphatic hydroxyl groups is 1. The Kier molecular flexibility index (Phi) is 4.98. The molecule has 0 radical (unpaired) electrons. The summed E-state index contributed by atoms with van der Waals surface area (Å²) >= 11 is 0. The van der Waals surface area contributed by atoms with E-state index in [1.807, 2.05) is 60.7 Å². The van der Waals surface area contributed by atoms with Gasteiger partial charge < -0.3 is 10.4 Å². The third-order valence-corrected chi connectivity index (χ3v) is 3.60. The third kappa shape index (κ3) is 3.85. The molecule has 0 aliphatic heterocycles. The van der Waals surface area contributed by atoms with Gasteiger partial charge in [0, 0.05) is 6.54 Å². The lowest BCUT2D eigenvalue weighted by molar-refractivity contribution is 0.0932. The summed E-state index contributed by atoms with van der Waals surface area (Å²) in [6, 6.07) is 18.8. The van der Waals surface area contributed by atoms with Crippen LogP contribution in [0.1, 0.15) is 28.7 Å². The van der Waals surface area contributed by atoms with Crippen LogP contribution in [0.2, 0.25) is 0 Å². The van der Waals surface area contributed by atoms with Gasteiger partial charge in [0.05, 0.1) is 11.8 Å². The summed E-state index contributed by atoms with van der Waals surface area (Å²) in [5.74, 6) is -0.252. The Morgan fingerprint density at radius 1 is 1.08 bits per heavy atom. The number of aromatic nitrogens is 3. The quantitative estimate of drug-likeness (QED) is 0.728. The highest BCUT2D eigenvalue weighted by atomic mass is 16.3. The van der Waals surface area contributed by atoms with E-state index >= 15 is 0 Å². The first-order valence-electron chi connectivity index (χ1n) is 7.72. The van der Waals surface area contributed by atoms with E-state index in [1.165, 1.54) is 6.33 Å². The number of para-hydroxylation sites is 1. The van der Waals surface area contributed by atoms with Crippen molar-refractivity contribution in [1.82, 2.24) is 20.1 Å². The van der Waals surface area contributed by atoms with Gasteiger partial charge in [0.15, 0.2) is 0 Å². The van der Waals surface area contributed by atoms with E-state index in [-0.39, 0.29) is 11.7 Å². The molecule has 6 heteroatoms. The van der Waals surface area contributed by atoms with Crippen LogP contribution in [0.3, 0.4) is 0 Å². The first kappa shape index (κ1) is 15.9. The summed E-state index contributed by atoms with van der Waals surface area (Å²) in [6.45, 7) is 0.342.